The average molecular weight is 243 g/mol. The predicted molar refractivity (Wildman–Crippen MR) is 66.9 cm³/mol. The van der Waals surface area contributed by atoms with Crippen LogP contribution in [0.25, 0.3) is 0 Å². The molecule has 2 unspecified atom stereocenters. The van der Waals surface area contributed by atoms with Crippen LogP contribution in [0, 0.1) is 0 Å². The summed E-state index contributed by atoms with van der Waals surface area (Å²) >= 11 is 0. The number of hydrogen-bond acceptors (Lipinski definition) is 4. The van der Waals surface area contributed by atoms with Crippen LogP contribution in [0.3, 0.4) is 0 Å². The molecule has 0 radical (unpaired) electrons. The van der Waals surface area contributed by atoms with E-state index in [-0.39, 0.29) is 11.6 Å². The van der Waals surface area contributed by atoms with Gasteiger partial charge in [-0.05, 0) is 33.6 Å². The minimum Gasteiger partial charge on any atom is -0.468 e. The van der Waals surface area contributed by atoms with Crippen LogP contribution in [0.1, 0.15) is 47.0 Å². The number of nitrogens with one attached hydrogen (secondary N) is 1. The van der Waals surface area contributed by atoms with Crippen LogP contribution in [-0.4, -0.2) is 36.9 Å². The molecule has 1 N–H and O–H groups in total. The summed E-state index contributed by atoms with van der Waals surface area (Å²) in [7, 11) is 1.45. The quantitative estimate of drug-likeness (QED) is 0.766. The lowest BCUT2D eigenvalue weighted by atomic mass is 9.80. The molecule has 0 aliphatic carbocycles. The van der Waals surface area contributed by atoms with E-state index in [1.807, 2.05) is 13.8 Å². The van der Waals surface area contributed by atoms with Gasteiger partial charge in [-0.2, -0.15) is 0 Å². The zero-order valence-corrected chi connectivity index (χ0v) is 11.6. The van der Waals surface area contributed by atoms with Crippen LogP contribution in [0.15, 0.2) is 0 Å². The number of carbonyl (C=O) groups is 1. The van der Waals surface area contributed by atoms with Crippen molar-refractivity contribution in [3.8, 4) is 0 Å². The number of rotatable bonds is 4. The molecule has 0 aromatic heterocycles. The van der Waals surface area contributed by atoms with E-state index >= 15 is 0 Å². The zero-order chi connectivity index (χ0) is 13.1. The van der Waals surface area contributed by atoms with Crippen molar-refractivity contribution < 1.29 is 14.3 Å². The first-order valence-corrected chi connectivity index (χ1v) is 6.35. The van der Waals surface area contributed by atoms with Gasteiger partial charge in [0.1, 0.15) is 5.54 Å². The van der Waals surface area contributed by atoms with Gasteiger partial charge in [-0.15, -0.1) is 0 Å². The summed E-state index contributed by atoms with van der Waals surface area (Å²) in [4.78, 5) is 12.1. The van der Waals surface area contributed by atoms with Gasteiger partial charge in [0.25, 0.3) is 0 Å². The Labute approximate surface area is 104 Å². The third-order valence-corrected chi connectivity index (χ3v) is 3.46. The van der Waals surface area contributed by atoms with Crippen molar-refractivity contribution in [2.45, 2.75) is 64.1 Å². The Hall–Kier alpha value is -0.610. The van der Waals surface area contributed by atoms with Crippen LogP contribution >= 0.6 is 0 Å². The smallest absolute Gasteiger partial charge is 0.326 e. The Morgan fingerprint density at radius 1 is 1.53 bits per heavy atom. The summed E-state index contributed by atoms with van der Waals surface area (Å²) in [6, 6.07) is 0.294. The second-order valence-corrected chi connectivity index (χ2v) is 5.56. The molecule has 0 aromatic carbocycles. The number of carbonyl (C=O) groups excluding carboxylic acids is 1. The Morgan fingerprint density at radius 2 is 2.18 bits per heavy atom. The molecule has 1 saturated heterocycles. The van der Waals surface area contributed by atoms with Crippen molar-refractivity contribution in [2.75, 3.05) is 13.7 Å². The van der Waals surface area contributed by atoms with Crippen molar-refractivity contribution in [1.29, 1.82) is 0 Å². The highest BCUT2D eigenvalue weighted by Crippen LogP contribution is 2.33. The molecule has 17 heavy (non-hydrogen) atoms. The lowest BCUT2D eigenvalue weighted by Gasteiger charge is -2.44. The molecule has 0 amide bonds. The van der Waals surface area contributed by atoms with Gasteiger partial charge in [-0.1, -0.05) is 6.92 Å². The van der Waals surface area contributed by atoms with Crippen LogP contribution in [0.4, 0.5) is 0 Å². The molecule has 1 aliphatic heterocycles. The van der Waals surface area contributed by atoms with E-state index in [1.165, 1.54) is 7.11 Å². The second-order valence-electron chi connectivity index (χ2n) is 5.56. The summed E-state index contributed by atoms with van der Waals surface area (Å²) in [6.07, 6.45) is 2.31. The third kappa shape index (κ3) is 3.42. The molecule has 4 nitrogen and oxygen atoms in total. The summed E-state index contributed by atoms with van der Waals surface area (Å²) in [5, 5.41) is 3.43. The molecule has 0 bridgehead atoms. The van der Waals surface area contributed by atoms with Crippen LogP contribution in [0.5, 0.6) is 0 Å². The fourth-order valence-corrected chi connectivity index (χ4v) is 2.49. The lowest BCUT2D eigenvalue weighted by molar-refractivity contribution is -0.162. The summed E-state index contributed by atoms with van der Waals surface area (Å²) in [5.74, 6) is -0.172. The number of ether oxygens (including phenoxy) is 2. The number of methoxy groups -OCH3 is 1. The maximum Gasteiger partial charge on any atom is 0.326 e. The monoisotopic (exact) mass is 243 g/mol. The number of hydrogen-bond donors (Lipinski definition) is 1. The van der Waals surface area contributed by atoms with Crippen LogP contribution in [-0.2, 0) is 14.3 Å². The molecule has 2 atom stereocenters. The van der Waals surface area contributed by atoms with Gasteiger partial charge in [0.15, 0.2) is 0 Å². The fraction of sp³-hybridized carbons (Fsp3) is 0.923. The van der Waals surface area contributed by atoms with Gasteiger partial charge in [0, 0.05) is 19.1 Å². The third-order valence-electron chi connectivity index (χ3n) is 3.46. The molecule has 1 fully saturated rings. The van der Waals surface area contributed by atoms with Crippen molar-refractivity contribution in [3.63, 3.8) is 0 Å². The van der Waals surface area contributed by atoms with E-state index in [0.29, 0.717) is 25.5 Å². The van der Waals surface area contributed by atoms with Gasteiger partial charge >= 0.3 is 5.97 Å². The van der Waals surface area contributed by atoms with Gasteiger partial charge in [-0.3, -0.25) is 10.1 Å². The molecular weight excluding hydrogens is 218 g/mol. The Bertz CT molecular complexity index is 278. The van der Waals surface area contributed by atoms with Crippen molar-refractivity contribution in [1.82, 2.24) is 5.32 Å². The standard InChI is InChI=1S/C13H25NO3/c1-6-10(2)14-13(11(15)16-5)7-8-17-12(3,4)9-13/h10,14H,6-9H2,1-5H3. The van der Waals surface area contributed by atoms with E-state index in [0.717, 1.165) is 6.42 Å². The van der Waals surface area contributed by atoms with Gasteiger partial charge < -0.3 is 9.47 Å². The first-order chi connectivity index (χ1) is 7.85. The maximum absolute atomic E-state index is 12.1. The van der Waals surface area contributed by atoms with E-state index < -0.39 is 5.54 Å². The van der Waals surface area contributed by atoms with Crippen LogP contribution < -0.4 is 5.32 Å². The molecule has 0 aromatic rings. The van der Waals surface area contributed by atoms with Gasteiger partial charge in [0.05, 0.1) is 12.7 Å². The van der Waals surface area contributed by atoms with Crippen molar-refractivity contribution >= 4 is 5.97 Å². The summed E-state index contributed by atoms with van der Waals surface area (Å²) in [6.45, 7) is 8.82. The predicted octanol–water partition coefficient (Wildman–Crippen LogP) is 1.88. The SMILES string of the molecule is CCC(C)NC1(C(=O)OC)CCOC(C)(C)C1. The van der Waals surface area contributed by atoms with Crippen LogP contribution in [0.2, 0.25) is 0 Å². The van der Waals surface area contributed by atoms with Crippen molar-refractivity contribution in [3.05, 3.63) is 0 Å². The molecule has 0 saturated carbocycles. The maximum atomic E-state index is 12.1. The highest BCUT2D eigenvalue weighted by Gasteiger charge is 2.47. The largest absolute Gasteiger partial charge is 0.468 e. The first-order valence-electron chi connectivity index (χ1n) is 6.35. The molecule has 1 heterocycles. The molecule has 0 spiro atoms. The minimum absolute atomic E-state index is 0.172. The molecule has 4 heteroatoms. The highest BCUT2D eigenvalue weighted by molar-refractivity contribution is 5.81. The van der Waals surface area contributed by atoms with Gasteiger partial charge in [-0.25, -0.2) is 0 Å². The van der Waals surface area contributed by atoms with E-state index in [4.69, 9.17) is 9.47 Å². The van der Waals surface area contributed by atoms with Gasteiger partial charge in [0.2, 0.25) is 0 Å². The van der Waals surface area contributed by atoms with Crippen molar-refractivity contribution in [2.24, 2.45) is 0 Å². The fourth-order valence-electron chi connectivity index (χ4n) is 2.49. The molecule has 1 rings (SSSR count). The Morgan fingerprint density at radius 3 is 2.65 bits per heavy atom. The summed E-state index contributed by atoms with van der Waals surface area (Å²) in [5.41, 5.74) is -0.876. The van der Waals surface area contributed by atoms with E-state index in [9.17, 15) is 4.79 Å². The molecule has 100 valence electrons. The number of esters is 1. The average Bonchev–Trinajstić information content (AvgIpc) is 2.26. The molecular formula is C13H25NO3. The summed E-state index contributed by atoms with van der Waals surface area (Å²) < 4.78 is 10.7. The van der Waals surface area contributed by atoms with E-state index in [1.54, 1.807) is 0 Å². The minimum atomic E-state index is -0.591. The lowest BCUT2D eigenvalue weighted by Crippen LogP contribution is -2.62. The zero-order valence-electron chi connectivity index (χ0n) is 11.6. The van der Waals surface area contributed by atoms with E-state index in [2.05, 4.69) is 19.2 Å². The second kappa shape index (κ2) is 5.36. The Kier molecular flexibility index (Phi) is 4.55. The molecule has 1 aliphatic rings. The highest BCUT2D eigenvalue weighted by atomic mass is 16.5. The normalized spacial score (nSPS) is 29.7. The Balaban J connectivity index is 2.89. The first kappa shape index (κ1) is 14.5. The topological polar surface area (TPSA) is 47.6 Å².